The minimum atomic E-state index is -0.568. The van der Waals surface area contributed by atoms with E-state index in [9.17, 15) is 9.90 Å². The molecule has 0 radical (unpaired) electrons. The second kappa shape index (κ2) is 6.14. The highest BCUT2D eigenvalue weighted by Crippen LogP contribution is 2.13. The van der Waals surface area contributed by atoms with Crippen LogP contribution in [0.2, 0.25) is 0 Å². The Labute approximate surface area is 73.4 Å². The molecule has 0 saturated carbocycles. The van der Waals surface area contributed by atoms with Gasteiger partial charge in [0.15, 0.2) is 0 Å². The van der Waals surface area contributed by atoms with Crippen LogP contribution in [-0.4, -0.2) is 28.7 Å². The number of aliphatic hydroxyl groups is 2. The molecule has 2 atom stereocenters. The second-order valence-electron chi connectivity index (χ2n) is 3.18. The number of ketones is 1. The van der Waals surface area contributed by atoms with Gasteiger partial charge in [-0.15, -0.1) is 0 Å². The van der Waals surface area contributed by atoms with Crippen molar-refractivity contribution in [1.82, 2.24) is 0 Å². The van der Waals surface area contributed by atoms with Gasteiger partial charge in [0, 0.05) is 12.5 Å². The molecule has 3 heteroatoms. The zero-order valence-corrected chi connectivity index (χ0v) is 7.79. The van der Waals surface area contributed by atoms with Crippen molar-refractivity contribution >= 4 is 5.78 Å². The minimum Gasteiger partial charge on any atom is -0.396 e. The zero-order chi connectivity index (χ0) is 9.56. The number of hydrogen-bond acceptors (Lipinski definition) is 3. The van der Waals surface area contributed by atoms with E-state index in [1.54, 1.807) is 6.92 Å². The van der Waals surface area contributed by atoms with Crippen LogP contribution < -0.4 is 0 Å². The van der Waals surface area contributed by atoms with E-state index in [2.05, 4.69) is 0 Å². The minimum absolute atomic E-state index is 0.0305. The summed E-state index contributed by atoms with van der Waals surface area (Å²) in [5, 5.41) is 17.7. The average Bonchev–Trinajstić information content (AvgIpc) is 1.96. The molecule has 12 heavy (non-hydrogen) atoms. The fourth-order valence-electron chi connectivity index (χ4n) is 1.26. The molecule has 0 bridgehead atoms. The van der Waals surface area contributed by atoms with E-state index in [1.165, 1.54) is 6.92 Å². The third-order valence-corrected chi connectivity index (χ3v) is 2.03. The SMILES string of the molecule is CC(=O)C(CCCCO)C(C)O. The average molecular weight is 174 g/mol. The molecule has 0 heterocycles. The van der Waals surface area contributed by atoms with Crippen molar-refractivity contribution in [3.63, 3.8) is 0 Å². The molecule has 0 aliphatic heterocycles. The van der Waals surface area contributed by atoms with Gasteiger partial charge in [-0.2, -0.15) is 0 Å². The Bertz CT molecular complexity index is 132. The molecular weight excluding hydrogens is 156 g/mol. The first kappa shape index (κ1) is 11.6. The lowest BCUT2D eigenvalue weighted by Crippen LogP contribution is -2.23. The summed E-state index contributed by atoms with van der Waals surface area (Å²) in [5.74, 6) is -0.223. The number of carbonyl (C=O) groups is 1. The molecule has 0 fully saturated rings. The number of rotatable bonds is 6. The number of hydrogen-bond donors (Lipinski definition) is 2. The summed E-state index contributed by atoms with van der Waals surface area (Å²) in [5.41, 5.74) is 0. The normalized spacial score (nSPS) is 15.7. The molecule has 0 aromatic heterocycles. The summed E-state index contributed by atoms with van der Waals surface area (Å²) in [7, 11) is 0. The molecule has 0 rings (SSSR count). The molecule has 0 aromatic rings. The molecule has 2 unspecified atom stereocenters. The topological polar surface area (TPSA) is 57.5 Å². The van der Waals surface area contributed by atoms with Crippen LogP contribution in [0.3, 0.4) is 0 Å². The molecule has 0 amide bonds. The van der Waals surface area contributed by atoms with Gasteiger partial charge in [0.25, 0.3) is 0 Å². The summed E-state index contributed by atoms with van der Waals surface area (Å²) in [6.45, 7) is 3.28. The maximum atomic E-state index is 11.0. The van der Waals surface area contributed by atoms with E-state index < -0.39 is 6.10 Å². The lowest BCUT2D eigenvalue weighted by Gasteiger charge is -2.15. The van der Waals surface area contributed by atoms with E-state index in [0.717, 1.165) is 6.42 Å². The number of unbranched alkanes of at least 4 members (excludes halogenated alkanes) is 1. The van der Waals surface area contributed by atoms with Crippen LogP contribution in [0.4, 0.5) is 0 Å². The molecule has 0 aromatic carbocycles. The zero-order valence-electron chi connectivity index (χ0n) is 7.79. The molecule has 0 saturated heterocycles. The number of Topliss-reactive ketones (excluding diaryl/α,β-unsaturated/α-hetero) is 1. The molecule has 3 nitrogen and oxygen atoms in total. The van der Waals surface area contributed by atoms with E-state index in [-0.39, 0.29) is 18.3 Å². The van der Waals surface area contributed by atoms with Crippen LogP contribution in [0.15, 0.2) is 0 Å². The molecule has 0 spiro atoms. The maximum Gasteiger partial charge on any atom is 0.135 e. The van der Waals surface area contributed by atoms with E-state index in [1.807, 2.05) is 0 Å². The highest BCUT2D eigenvalue weighted by molar-refractivity contribution is 5.78. The van der Waals surface area contributed by atoms with Crippen molar-refractivity contribution in [1.29, 1.82) is 0 Å². The predicted molar refractivity (Wildman–Crippen MR) is 46.8 cm³/mol. The van der Waals surface area contributed by atoms with Crippen LogP contribution in [-0.2, 0) is 4.79 Å². The Hall–Kier alpha value is -0.410. The van der Waals surface area contributed by atoms with Gasteiger partial charge in [-0.25, -0.2) is 0 Å². The van der Waals surface area contributed by atoms with E-state index >= 15 is 0 Å². The predicted octanol–water partition coefficient (Wildman–Crippen LogP) is 0.735. The van der Waals surface area contributed by atoms with E-state index in [4.69, 9.17) is 5.11 Å². The van der Waals surface area contributed by atoms with Crippen LogP contribution in [0.25, 0.3) is 0 Å². The van der Waals surface area contributed by atoms with Gasteiger partial charge in [0.1, 0.15) is 5.78 Å². The third kappa shape index (κ3) is 4.46. The quantitative estimate of drug-likeness (QED) is 0.584. The van der Waals surface area contributed by atoms with Gasteiger partial charge in [0.2, 0.25) is 0 Å². The third-order valence-electron chi connectivity index (χ3n) is 2.03. The highest BCUT2D eigenvalue weighted by atomic mass is 16.3. The fourth-order valence-corrected chi connectivity index (χ4v) is 1.26. The standard InChI is InChI=1S/C9H18O3/c1-7(11)9(8(2)12)5-3-4-6-10/h7,9-11H,3-6H2,1-2H3. The Morgan fingerprint density at radius 2 is 2.00 bits per heavy atom. The highest BCUT2D eigenvalue weighted by Gasteiger charge is 2.18. The Balaban J connectivity index is 3.72. The summed E-state index contributed by atoms with van der Waals surface area (Å²) < 4.78 is 0. The summed E-state index contributed by atoms with van der Waals surface area (Å²) in [6.07, 6.45) is 1.61. The van der Waals surface area contributed by atoms with Crippen molar-refractivity contribution < 1.29 is 15.0 Å². The van der Waals surface area contributed by atoms with Gasteiger partial charge in [-0.3, -0.25) is 4.79 Å². The Kier molecular flexibility index (Phi) is 5.93. The van der Waals surface area contributed by atoms with Crippen LogP contribution >= 0.6 is 0 Å². The van der Waals surface area contributed by atoms with Crippen molar-refractivity contribution in [3.8, 4) is 0 Å². The lowest BCUT2D eigenvalue weighted by atomic mass is 9.93. The smallest absolute Gasteiger partial charge is 0.135 e. The number of aliphatic hydroxyl groups excluding tert-OH is 2. The Morgan fingerprint density at radius 1 is 1.42 bits per heavy atom. The Morgan fingerprint density at radius 3 is 2.33 bits per heavy atom. The fraction of sp³-hybridized carbons (Fsp3) is 0.889. The van der Waals surface area contributed by atoms with Gasteiger partial charge < -0.3 is 10.2 Å². The lowest BCUT2D eigenvalue weighted by molar-refractivity contribution is -0.124. The van der Waals surface area contributed by atoms with Crippen LogP contribution in [0.1, 0.15) is 33.1 Å². The van der Waals surface area contributed by atoms with Crippen molar-refractivity contribution in [3.05, 3.63) is 0 Å². The van der Waals surface area contributed by atoms with Gasteiger partial charge in [-0.05, 0) is 26.7 Å². The second-order valence-corrected chi connectivity index (χ2v) is 3.18. The molecule has 0 aliphatic carbocycles. The molecular formula is C9H18O3. The first-order chi connectivity index (χ1) is 5.59. The summed E-state index contributed by atoms with van der Waals surface area (Å²) in [6, 6.07) is 0. The van der Waals surface area contributed by atoms with E-state index in [0.29, 0.717) is 12.8 Å². The van der Waals surface area contributed by atoms with Crippen molar-refractivity contribution in [2.75, 3.05) is 6.61 Å². The maximum absolute atomic E-state index is 11.0. The van der Waals surface area contributed by atoms with Crippen molar-refractivity contribution in [2.24, 2.45) is 5.92 Å². The van der Waals surface area contributed by atoms with Gasteiger partial charge in [0.05, 0.1) is 6.10 Å². The van der Waals surface area contributed by atoms with Gasteiger partial charge >= 0.3 is 0 Å². The number of carbonyl (C=O) groups excluding carboxylic acids is 1. The molecule has 72 valence electrons. The van der Waals surface area contributed by atoms with Crippen LogP contribution in [0.5, 0.6) is 0 Å². The first-order valence-corrected chi connectivity index (χ1v) is 4.39. The van der Waals surface area contributed by atoms with Gasteiger partial charge in [-0.1, -0.05) is 6.42 Å². The largest absolute Gasteiger partial charge is 0.396 e. The van der Waals surface area contributed by atoms with Crippen LogP contribution in [0, 0.1) is 5.92 Å². The molecule has 0 aliphatic rings. The first-order valence-electron chi connectivity index (χ1n) is 4.39. The molecule has 2 N–H and O–H groups in total. The summed E-state index contributed by atoms with van der Waals surface area (Å²) in [4.78, 5) is 11.0. The monoisotopic (exact) mass is 174 g/mol. The van der Waals surface area contributed by atoms with Crippen molar-refractivity contribution in [2.45, 2.75) is 39.2 Å². The summed E-state index contributed by atoms with van der Waals surface area (Å²) >= 11 is 0.